The number of aromatic nitrogens is 1. The zero-order valence-corrected chi connectivity index (χ0v) is 17.1. The van der Waals surface area contributed by atoms with E-state index >= 15 is 0 Å². The predicted octanol–water partition coefficient (Wildman–Crippen LogP) is 4.83. The van der Waals surface area contributed by atoms with Gasteiger partial charge in [-0.1, -0.05) is 43.3 Å². The van der Waals surface area contributed by atoms with E-state index < -0.39 is 0 Å². The number of anilines is 2. The van der Waals surface area contributed by atoms with Crippen LogP contribution in [-0.2, 0) is 16.0 Å². The number of thioether (sulfide) groups is 1. The molecule has 0 aliphatic rings. The Kier molecular flexibility index (Phi) is 7.22. The summed E-state index contributed by atoms with van der Waals surface area (Å²) in [6.45, 7) is 1.98. The van der Waals surface area contributed by atoms with Crippen LogP contribution in [0, 0.1) is 0 Å². The molecule has 5 nitrogen and oxygen atoms in total. The molecule has 1 aromatic heterocycles. The highest BCUT2D eigenvalue weighted by molar-refractivity contribution is 8.00. The molecule has 0 saturated heterocycles. The highest BCUT2D eigenvalue weighted by Crippen LogP contribution is 2.28. The van der Waals surface area contributed by atoms with Gasteiger partial charge in [0.25, 0.3) is 0 Å². The third kappa shape index (κ3) is 5.94. The molecule has 3 rings (SSSR count). The molecule has 7 heteroatoms. The minimum atomic E-state index is -0.237. The lowest BCUT2D eigenvalue weighted by atomic mass is 10.1. The Bertz CT molecular complexity index is 914. The number of rotatable bonds is 8. The van der Waals surface area contributed by atoms with Crippen LogP contribution in [0.2, 0.25) is 0 Å². The second kappa shape index (κ2) is 10.1. The Labute approximate surface area is 172 Å². The lowest BCUT2D eigenvalue weighted by molar-refractivity contribution is -0.116. The monoisotopic (exact) mass is 411 g/mol. The second-order valence-electron chi connectivity index (χ2n) is 6.08. The summed E-state index contributed by atoms with van der Waals surface area (Å²) >= 11 is 2.87. The molecular weight excluding hydrogens is 390 g/mol. The third-order valence-electron chi connectivity index (χ3n) is 3.93. The molecule has 1 atom stereocenters. The van der Waals surface area contributed by atoms with Crippen LogP contribution in [0.5, 0.6) is 0 Å². The van der Waals surface area contributed by atoms with Crippen molar-refractivity contribution in [3.63, 3.8) is 0 Å². The van der Waals surface area contributed by atoms with Crippen LogP contribution in [-0.4, -0.2) is 22.0 Å². The summed E-state index contributed by atoms with van der Waals surface area (Å²) in [5.41, 5.74) is 1.69. The number of benzene rings is 2. The van der Waals surface area contributed by atoms with Crippen LogP contribution in [0.3, 0.4) is 0 Å². The number of hydrogen-bond acceptors (Lipinski definition) is 5. The number of carbonyl (C=O) groups is 2. The van der Waals surface area contributed by atoms with E-state index in [2.05, 4.69) is 15.6 Å². The van der Waals surface area contributed by atoms with E-state index in [-0.39, 0.29) is 17.1 Å². The maximum atomic E-state index is 12.5. The Morgan fingerprint density at radius 2 is 1.93 bits per heavy atom. The lowest BCUT2D eigenvalue weighted by Crippen LogP contribution is -2.24. The van der Waals surface area contributed by atoms with Crippen LogP contribution in [0.1, 0.15) is 18.9 Å². The molecule has 28 heavy (non-hydrogen) atoms. The van der Waals surface area contributed by atoms with E-state index in [1.807, 2.05) is 66.9 Å². The van der Waals surface area contributed by atoms with Crippen LogP contribution in [0.25, 0.3) is 0 Å². The van der Waals surface area contributed by atoms with Crippen LogP contribution >= 0.6 is 23.1 Å². The molecule has 2 N–H and O–H groups in total. The topological polar surface area (TPSA) is 71.1 Å². The van der Waals surface area contributed by atoms with Gasteiger partial charge in [-0.25, -0.2) is 4.98 Å². The summed E-state index contributed by atoms with van der Waals surface area (Å²) in [7, 11) is 0. The smallest absolute Gasteiger partial charge is 0.239 e. The molecule has 2 aromatic carbocycles. The van der Waals surface area contributed by atoms with Gasteiger partial charge in [0, 0.05) is 22.2 Å². The van der Waals surface area contributed by atoms with Crippen molar-refractivity contribution in [2.45, 2.75) is 29.9 Å². The summed E-state index contributed by atoms with van der Waals surface area (Å²) in [6, 6.07) is 17.2. The van der Waals surface area contributed by atoms with Crippen molar-refractivity contribution in [3.05, 3.63) is 71.7 Å². The van der Waals surface area contributed by atoms with Crippen molar-refractivity contribution in [2.24, 2.45) is 0 Å². The Hall–Kier alpha value is -2.64. The van der Waals surface area contributed by atoms with Gasteiger partial charge >= 0.3 is 0 Å². The van der Waals surface area contributed by atoms with Crippen molar-refractivity contribution >= 4 is 45.7 Å². The van der Waals surface area contributed by atoms with Gasteiger partial charge in [-0.2, -0.15) is 0 Å². The molecule has 0 aliphatic heterocycles. The van der Waals surface area contributed by atoms with E-state index in [0.717, 1.165) is 16.1 Å². The molecule has 0 radical (unpaired) electrons. The summed E-state index contributed by atoms with van der Waals surface area (Å²) in [6.07, 6.45) is 2.68. The number of carbonyl (C=O) groups excluding carboxylic acids is 2. The minimum Gasteiger partial charge on any atom is -0.326 e. The van der Waals surface area contributed by atoms with Crippen molar-refractivity contribution < 1.29 is 9.59 Å². The normalized spacial score (nSPS) is 11.6. The Morgan fingerprint density at radius 1 is 1.11 bits per heavy atom. The fraction of sp³-hybridized carbons (Fsp3) is 0.190. The van der Waals surface area contributed by atoms with Gasteiger partial charge in [-0.05, 0) is 30.2 Å². The molecule has 2 amide bonds. The van der Waals surface area contributed by atoms with Crippen LogP contribution in [0.15, 0.2) is 71.1 Å². The molecule has 3 aromatic rings. The molecule has 1 heterocycles. The van der Waals surface area contributed by atoms with E-state index in [9.17, 15) is 9.59 Å². The SMILES string of the molecule is CCC(Sc1cccc(NC(=O)Cc2ccccc2)c1)C(=O)Nc1nccs1. The van der Waals surface area contributed by atoms with Gasteiger partial charge < -0.3 is 10.6 Å². The predicted molar refractivity (Wildman–Crippen MR) is 116 cm³/mol. The largest absolute Gasteiger partial charge is 0.326 e. The van der Waals surface area contributed by atoms with Gasteiger partial charge in [-0.3, -0.25) is 9.59 Å². The maximum Gasteiger partial charge on any atom is 0.239 e. The van der Waals surface area contributed by atoms with Gasteiger partial charge in [0.05, 0.1) is 11.7 Å². The highest BCUT2D eigenvalue weighted by Gasteiger charge is 2.19. The van der Waals surface area contributed by atoms with E-state index in [1.165, 1.54) is 23.1 Å². The first kappa shape index (κ1) is 20.1. The lowest BCUT2D eigenvalue weighted by Gasteiger charge is -2.14. The molecule has 1 unspecified atom stereocenters. The number of amides is 2. The number of hydrogen-bond donors (Lipinski definition) is 2. The average molecular weight is 412 g/mol. The van der Waals surface area contributed by atoms with Crippen molar-refractivity contribution in [1.29, 1.82) is 0 Å². The van der Waals surface area contributed by atoms with E-state index in [1.54, 1.807) is 6.20 Å². The molecule has 0 aliphatic carbocycles. The molecule has 0 fully saturated rings. The van der Waals surface area contributed by atoms with Gasteiger partial charge in [0.1, 0.15) is 0 Å². The van der Waals surface area contributed by atoms with Crippen molar-refractivity contribution in [2.75, 3.05) is 10.6 Å². The quantitative estimate of drug-likeness (QED) is 0.521. The highest BCUT2D eigenvalue weighted by atomic mass is 32.2. The standard InChI is InChI=1S/C21H21N3O2S2/c1-2-18(20(26)24-21-22-11-12-27-21)28-17-10-6-9-16(14-17)23-19(25)13-15-7-4-3-5-8-15/h3-12,14,18H,2,13H2,1H3,(H,23,25)(H,22,24,26). The summed E-state index contributed by atoms with van der Waals surface area (Å²) in [4.78, 5) is 29.8. The molecule has 0 saturated carbocycles. The zero-order valence-electron chi connectivity index (χ0n) is 15.4. The molecular formula is C21H21N3O2S2. The third-order valence-corrected chi connectivity index (χ3v) is 5.98. The second-order valence-corrected chi connectivity index (χ2v) is 8.25. The fourth-order valence-electron chi connectivity index (χ4n) is 2.59. The van der Waals surface area contributed by atoms with E-state index in [4.69, 9.17) is 0 Å². The van der Waals surface area contributed by atoms with Crippen molar-refractivity contribution in [3.8, 4) is 0 Å². The molecule has 0 bridgehead atoms. The first-order valence-corrected chi connectivity index (χ1v) is 10.7. The van der Waals surface area contributed by atoms with Gasteiger partial charge in [0.15, 0.2) is 5.13 Å². The zero-order chi connectivity index (χ0) is 19.8. The van der Waals surface area contributed by atoms with Gasteiger partial charge in [0.2, 0.25) is 11.8 Å². The fourth-order valence-corrected chi connectivity index (χ4v) is 4.14. The summed E-state index contributed by atoms with van der Waals surface area (Å²) in [5, 5.41) is 7.96. The summed E-state index contributed by atoms with van der Waals surface area (Å²) in [5.74, 6) is -0.136. The van der Waals surface area contributed by atoms with Crippen LogP contribution in [0.4, 0.5) is 10.8 Å². The number of nitrogens with zero attached hydrogens (tertiary/aromatic N) is 1. The van der Waals surface area contributed by atoms with Crippen LogP contribution < -0.4 is 10.6 Å². The molecule has 0 spiro atoms. The van der Waals surface area contributed by atoms with Crippen molar-refractivity contribution in [1.82, 2.24) is 4.98 Å². The first-order valence-electron chi connectivity index (χ1n) is 8.95. The maximum absolute atomic E-state index is 12.5. The Morgan fingerprint density at radius 3 is 2.64 bits per heavy atom. The average Bonchev–Trinajstić information content (AvgIpc) is 3.20. The first-order chi connectivity index (χ1) is 13.6. The number of thiazole rings is 1. The van der Waals surface area contributed by atoms with Gasteiger partial charge in [-0.15, -0.1) is 23.1 Å². The van der Waals surface area contributed by atoms with E-state index in [0.29, 0.717) is 18.0 Å². The number of nitrogens with one attached hydrogen (secondary N) is 2. The Balaban J connectivity index is 1.60. The summed E-state index contributed by atoms with van der Waals surface area (Å²) < 4.78 is 0. The molecule has 144 valence electrons. The minimum absolute atomic E-state index is 0.0677.